The minimum Gasteiger partial charge on any atom is -0.458 e. The van der Waals surface area contributed by atoms with Gasteiger partial charge in [-0.3, -0.25) is 9.69 Å². The Morgan fingerprint density at radius 2 is 1.91 bits per heavy atom. The number of ether oxygens (including phenoxy) is 1. The molecule has 174 valence electrons. The van der Waals surface area contributed by atoms with Crippen molar-refractivity contribution in [1.82, 2.24) is 14.5 Å². The topological polar surface area (TPSA) is 111 Å². The van der Waals surface area contributed by atoms with Gasteiger partial charge in [0.25, 0.3) is 5.56 Å². The summed E-state index contributed by atoms with van der Waals surface area (Å²) in [5, 5.41) is 11.2. The number of hydrogen-bond acceptors (Lipinski definition) is 7. The van der Waals surface area contributed by atoms with Crippen LogP contribution < -0.4 is 11.3 Å². The van der Waals surface area contributed by atoms with Gasteiger partial charge in [-0.2, -0.15) is 0 Å². The number of aliphatic hydroxyl groups is 1. The molecule has 2 aromatic heterocycles. The van der Waals surface area contributed by atoms with Crippen LogP contribution in [0.3, 0.4) is 0 Å². The van der Waals surface area contributed by atoms with Crippen LogP contribution in [-0.2, 0) is 29.2 Å². The normalized spacial score (nSPS) is 24.9. The van der Waals surface area contributed by atoms with Gasteiger partial charge in [0.1, 0.15) is 12.4 Å². The first-order chi connectivity index (χ1) is 16.4. The Morgan fingerprint density at radius 1 is 1.15 bits per heavy atom. The van der Waals surface area contributed by atoms with Gasteiger partial charge in [-0.1, -0.05) is 0 Å². The van der Waals surface area contributed by atoms with E-state index in [2.05, 4.69) is 4.90 Å². The molecule has 34 heavy (non-hydrogen) atoms. The van der Waals surface area contributed by atoms with Crippen molar-refractivity contribution in [2.75, 3.05) is 18.8 Å². The molecule has 2 saturated heterocycles. The number of hydrogen-bond donors (Lipinski definition) is 2. The Kier molecular flexibility index (Phi) is 4.06. The number of rotatable bonds is 2. The van der Waals surface area contributed by atoms with Gasteiger partial charge in [-0.05, 0) is 42.4 Å². The molecule has 5 aliphatic rings. The van der Waals surface area contributed by atoms with E-state index in [0.29, 0.717) is 30.0 Å². The fraction of sp³-hybridized carbons (Fsp3) is 0.400. The molecule has 8 nitrogen and oxygen atoms in total. The Labute approximate surface area is 193 Å². The number of nitrogens with two attached hydrogens (primary N) is 1. The van der Waals surface area contributed by atoms with Crippen LogP contribution in [-0.4, -0.2) is 38.6 Å². The molecule has 1 unspecified atom stereocenters. The van der Waals surface area contributed by atoms with E-state index in [1.807, 2.05) is 0 Å². The van der Waals surface area contributed by atoms with Crippen LogP contribution in [0.25, 0.3) is 22.3 Å². The second-order valence-corrected chi connectivity index (χ2v) is 10.1. The maximum Gasteiger partial charge on any atom is 0.340 e. The highest BCUT2D eigenvalue weighted by molar-refractivity contribution is 5.90. The average molecular weight is 462 g/mol. The molecule has 1 atom stereocenters. The van der Waals surface area contributed by atoms with Crippen molar-refractivity contribution in [2.24, 2.45) is 11.8 Å². The van der Waals surface area contributed by atoms with Crippen molar-refractivity contribution >= 4 is 22.6 Å². The van der Waals surface area contributed by atoms with Crippen LogP contribution in [0.1, 0.15) is 41.2 Å². The van der Waals surface area contributed by atoms with Gasteiger partial charge in [0.15, 0.2) is 6.10 Å². The van der Waals surface area contributed by atoms with Gasteiger partial charge >= 0.3 is 5.97 Å². The van der Waals surface area contributed by atoms with Gasteiger partial charge in [0.05, 0.1) is 34.7 Å². The number of cyclic esters (lactones) is 1. The van der Waals surface area contributed by atoms with E-state index in [-0.39, 0.29) is 29.0 Å². The summed E-state index contributed by atoms with van der Waals surface area (Å²) in [6.45, 7) is 2.88. The third kappa shape index (κ3) is 2.74. The van der Waals surface area contributed by atoms with E-state index in [4.69, 9.17) is 15.5 Å². The van der Waals surface area contributed by atoms with Crippen molar-refractivity contribution in [1.29, 1.82) is 0 Å². The van der Waals surface area contributed by atoms with Gasteiger partial charge in [0.2, 0.25) is 0 Å². The first-order valence-electron chi connectivity index (χ1n) is 11.6. The van der Waals surface area contributed by atoms with Crippen molar-refractivity contribution < 1.29 is 19.0 Å². The van der Waals surface area contributed by atoms with Crippen LogP contribution >= 0.6 is 0 Å². The third-order valence-electron chi connectivity index (χ3n) is 7.94. The van der Waals surface area contributed by atoms with Crippen LogP contribution in [0.2, 0.25) is 0 Å². The van der Waals surface area contributed by atoms with E-state index in [9.17, 15) is 19.1 Å². The second-order valence-electron chi connectivity index (χ2n) is 10.1. The minimum absolute atomic E-state index is 0.0684. The number of nitrogen functional groups attached to an aromatic ring is 1. The Bertz CT molecular complexity index is 1470. The standard InChI is InChI=1S/C25H23FN4O4/c26-18-5-20-13(3-19(18)27)15(8-29-6-11-1-12(2-11)7-29)16-9-30-21(22(16)28-20)4-14-17(24(30)32)10-34-25(33)23(14)31/h3-5,11-12,23,31H,1-2,6-10,27H2. The lowest BCUT2D eigenvalue weighted by Crippen LogP contribution is -2.48. The number of halogens is 1. The average Bonchev–Trinajstić information content (AvgIpc) is 3.16. The second kappa shape index (κ2) is 6.86. The number of piperidine rings is 2. The Balaban J connectivity index is 1.43. The van der Waals surface area contributed by atoms with Crippen LogP contribution in [0, 0.1) is 17.7 Å². The zero-order valence-corrected chi connectivity index (χ0v) is 18.4. The first kappa shape index (κ1) is 20.1. The van der Waals surface area contributed by atoms with Crippen molar-refractivity contribution in [3.63, 3.8) is 0 Å². The molecule has 1 saturated carbocycles. The number of esters is 1. The fourth-order valence-corrected chi connectivity index (χ4v) is 6.26. The number of anilines is 1. The molecular formula is C25H23FN4O4. The molecule has 9 heteroatoms. The number of nitrogens with zero attached hydrogens (tertiary/aromatic N) is 3. The summed E-state index contributed by atoms with van der Waals surface area (Å²) in [4.78, 5) is 32.4. The van der Waals surface area contributed by atoms with E-state index in [1.165, 1.54) is 18.9 Å². The van der Waals surface area contributed by atoms with Gasteiger partial charge in [-0.25, -0.2) is 14.2 Å². The summed E-state index contributed by atoms with van der Waals surface area (Å²) in [5.74, 6) is 0.147. The molecule has 6 heterocycles. The van der Waals surface area contributed by atoms with Crippen LogP contribution in [0.15, 0.2) is 23.0 Å². The highest BCUT2D eigenvalue weighted by Gasteiger charge is 2.38. The van der Waals surface area contributed by atoms with Gasteiger partial charge in [-0.15, -0.1) is 0 Å². The number of aliphatic hydroxyl groups excluding tert-OH is 1. The van der Waals surface area contributed by atoms with Crippen LogP contribution in [0.4, 0.5) is 10.1 Å². The SMILES string of the molecule is Nc1cc2c(CN3CC4CC(C4)C3)c3c(nc2cc1F)-c1cc2c(c(=O)n1C3)COC(=O)C2O. The molecular weight excluding hydrogens is 439 g/mol. The highest BCUT2D eigenvalue weighted by atomic mass is 19.1. The summed E-state index contributed by atoms with van der Waals surface area (Å²) in [5.41, 5.74) is 9.71. The fourth-order valence-electron chi connectivity index (χ4n) is 6.26. The molecule has 3 N–H and O–H groups in total. The maximum atomic E-state index is 14.4. The Hall–Kier alpha value is -3.30. The zero-order valence-electron chi connectivity index (χ0n) is 18.4. The molecule has 3 aromatic rings. The van der Waals surface area contributed by atoms with Crippen molar-refractivity contribution in [3.05, 3.63) is 56.6 Å². The minimum atomic E-state index is -1.51. The largest absolute Gasteiger partial charge is 0.458 e. The molecule has 1 aromatic carbocycles. The molecule has 8 rings (SSSR count). The summed E-state index contributed by atoms with van der Waals surface area (Å²) in [7, 11) is 0. The molecule has 0 amide bonds. The lowest BCUT2D eigenvalue weighted by Gasteiger charge is -2.47. The molecule has 4 aliphatic heterocycles. The number of carbonyl (C=O) groups is 1. The van der Waals surface area contributed by atoms with E-state index in [1.54, 1.807) is 16.7 Å². The zero-order chi connectivity index (χ0) is 23.3. The molecule has 1 aliphatic carbocycles. The van der Waals surface area contributed by atoms with Gasteiger partial charge < -0.3 is 20.1 Å². The number of aromatic nitrogens is 2. The van der Waals surface area contributed by atoms with Crippen molar-refractivity contribution in [3.8, 4) is 11.4 Å². The van der Waals surface area contributed by atoms with E-state index < -0.39 is 17.9 Å². The highest BCUT2D eigenvalue weighted by Crippen LogP contribution is 2.42. The third-order valence-corrected chi connectivity index (χ3v) is 7.94. The van der Waals surface area contributed by atoms with E-state index >= 15 is 0 Å². The summed E-state index contributed by atoms with van der Waals surface area (Å²) in [6.07, 6.45) is 1.07. The number of pyridine rings is 2. The number of benzene rings is 1. The summed E-state index contributed by atoms with van der Waals surface area (Å²) < 4.78 is 21.0. The van der Waals surface area contributed by atoms with Gasteiger partial charge in [0, 0.05) is 42.2 Å². The predicted molar refractivity (Wildman–Crippen MR) is 121 cm³/mol. The summed E-state index contributed by atoms with van der Waals surface area (Å²) >= 11 is 0. The molecule has 2 bridgehead atoms. The quantitative estimate of drug-likeness (QED) is 0.347. The smallest absolute Gasteiger partial charge is 0.340 e. The summed E-state index contributed by atoms with van der Waals surface area (Å²) in [6, 6.07) is 4.64. The predicted octanol–water partition coefficient (Wildman–Crippen LogP) is 2.08. The Morgan fingerprint density at radius 3 is 2.68 bits per heavy atom. The van der Waals surface area contributed by atoms with Crippen molar-refractivity contribution in [2.45, 2.75) is 38.6 Å². The molecule has 3 fully saturated rings. The monoisotopic (exact) mass is 462 g/mol. The number of fused-ring (bicyclic) bond motifs is 7. The van der Waals surface area contributed by atoms with Crippen LogP contribution in [0.5, 0.6) is 0 Å². The van der Waals surface area contributed by atoms with E-state index in [0.717, 1.165) is 41.4 Å². The molecule has 0 radical (unpaired) electrons. The maximum absolute atomic E-state index is 14.4. The number of carbonyl (C=O) groups excluding carboxylic acids is 1. The lowest BCUT2D eigenvalue weighted by molar-refractivity contribution is -0.157. The lowest BCUT2D eigenvalue weighted by atomic mass is 9.71. The molecule has 0 spiro atoms. The first-order valence-corrected chi connectivity index (χ1v) is 11.6.